The van der Waals surface area contributed by atoms with Crippen molar-refractivity contribution in [2.75, 3.05) is 13.2 Å². The van der Waals surface area contributed by atoms with E-state index in [1.54, 1.807) is 0 Å². The van der Waals surface area contributed by atoms with Crippen molar-refractivity contribution in [3.63, 3.8) is 0 Å². The number of benzene rings is 1. The Bertz CT molecular complexity index is 676. The normalized spacial score (nSPS) is 19.3. The monoisotopic (exact) mass is 311 g/mol. The van der Waals surface area contributed by atoms with Crippen LogP contribution in [0.25, 0.3) is 0 Å². The Morgan fingerprint density at radius 1 is 1.48 bits per heavy atom. The van der Waals surface area contributed by atoms with E-state index in [2.05, 4.69) is 11.8 Å². The number of hydrogen-bond acceptors (Lipinski definition) is 3. The molecule has 0 bridgehead atoms. The second kappa shape index (κ2) is 6.56. The first-order valence-corrected chi connectivity index (χ1v) is 8.32. The van der Waals surface area contributed by atoms with Crippen molar-refractivity contribution < 1.29 is 17.9 Å². The summed E-state index contributed by atoms with van der Waals surface area (Å²) in [6, 6.07) is 3.71. The third-order valence-electron chi connectivity index (χ3n) is 3.50. The summed E-state index contributed by atoms with van der Waals surface area (Å²) in [4.78, 5) is -0.0403. The number of nitrogens with zero attached hydrogens (tertiary/aromatic N) is 1. The first-order valence-electron chi connectivity index (χ1n) is 6.88. The molecule has 114 valence electrons. The molecule has 1 aromatic rings. The molecule has 0 aromatic heterocycles. The molecule has 1 atom stereocenters. The summed E-state index contributed by atoms with van der Waals surface area (Å²) in [6.45, 7) is 2.24. The summed E-state index contributed by atoms with van der Waals surface area (Å²) in [5, 5.41) is 8.63. The van der Waals surface area contributed by atoms with E-state index in [0.29, 0.717) is 6.54 Å². The van der Waals surface area contributed by atoms with E-state index >= 15 is 0 Å². The maximum Gasteiger partial charge on any atom is 0.243 e. The number of hydrogen-bond donors (Lipinski definition) is 1. The predicted octanol–water partition coefficient (Wildman–Crippen LogP) is 1.73. The minimum atomic E-state index is -3.65. The first kappa shape index (κ1) is 16.0. The van der Waals surface area contributed by atoms with Gasteiger partial charge in [-0.25, -0.2) is 12.8 Å². The van der Waals surface area contributed by atoms with Crippen molar-refractivity contribution in [3.8, 4) is 11.8 Å². The largest absolute Gasteiger partial charge is 0.395 e. The van der Waals surface area contributed by atoms with Gasteiger partial charge in [0.25, 0.3) is 0 Å². The van der Waals surface area contributed by atoms with Crippen LogP contribution < -0.4 is 0 Å². The topological polar surface area (TPSA) is 57.6 Å². The lowest BCUT2D eigenvalue weighted by molar-refractivity contribution is 0.305. The molecule has 6 heteroatoms. The highest BCUT2D eigenvalue weighted by Crippen LogP contribution is 2.26. The zero-order valence-corrected chi connectivity index (χ0v) is 12.7. The Morgan fingerprint density at radius 2 is 2.24 bits per heavy atom. The number of rotatable bonds is 3. The van der Waals surface area contributed by atoms with Gasteiger partial charge in [0.1, 0.15) is 5.82 Å². The molecular weight excluding hydrogens is 293 g/mol. The van der Waals surface area contributed by atoms with Gasteiger partial charge in [0.15, 0.2) is 0 Å². The van der Waals surface area contributed by atoms with Gasteiger partial charge in [0.2, 0.25) is 10.0 Å². The van der Waals surface area contributed by atoms with Gasteiger partial charge in [0.05, 0.1) is 17.1 Å². The van der Waals surface area contributed by atoms with Crippen LogP contribution in [0.3, 0.4) is 0 Å². The molecule has 1 heterocycles. The Morgan fingerprint density at radius 3 is 2.81 bits per heavy atom. The van der Waals surface area contributed by atoms with Crippen LogP contribution in [0.15, 0.2) is 23.1 Å². The van der Waals surface area contributed by atoms with Gasteiger partial charge >= 0.3 is 0 Å². The number of aliphatic hydroxyl groups is 1. The Balaban J connectivity index is 2.30. The van der Waals surface area contributed by atoms with Gasteiger partial charge in [-0.05, 0) is 38.0 Å². The summed E-state index contributed by atoms with van der Waals surface area (Å²) in [5.41, 5.74) is 0.136. The molecule has 1 N–H and O–H groups in total. The summed E-state index contributed by atoms with van der Waals surface area (Å²) in [6.07, 6.45) is 1.91. The molecule has 0 radical (unpaired) electrons. The first-order chi connectivity index (χ1) is 9.96. The van der Waals surface area contributed by atoms with Crippen LogP contribution in [0.2, 0.25) is 0 Å². The molecule has 1 aromatic carbocycles. The zero-order valence-electron chi connectivity index (χ0n) is 11.8. The highest BCUT2D eigenvalue weighted by molar-refractivity contribution is 7.89. The molecule has 21 heavy (non-hydrogen) atoms. The standard InChI is InChI=1S/C15H18FNO3S/c1-12-5-4-9-17(12)21(19,20)14-8-7-13(15(16)11-14)6-2-3-10-18/h7-8,11-12,18H,3-5,9-10H2,1H3. The van der Waals surface area contributed by atoms with Crippen LogP contribution in [0, 0.1) is 17.7 Å². The van der Waals surface area contributed by atoms with Gasteiger partial charge < -0.3 is 5.11 Å². The maximum absolute atomic E-state index is 13.9. The lowest BCUT2D eigenvalue weighted by Gasteiger charge is -2.20. The Kier molecular flexibility index (Phi) is 4.99. The second-order valence-electron chi connectivity index (χ2n) is 5.02. The molecule has 0 amide bonds. The highest BCUT2D eigenvalue weighted by atomic mass is 32.2. The Hall–Kier alpha value is -1.42. The molecule has 1 unspecified atom stereocenters. The zero-order chi connectivity index (χ0) is 15.5. The number of sulfonamides is 1. The second-order valence-corrected chi connectivity index (χ2v) is 6.91. The van der Waals surface area contributed by atoms with E-state index in [1.165, 1.54) is 16.4 Å². The van der Waals surface area contributed by atoms with Crippen molar-refractivity contribution in [1.29, 1.82) is 0 Å². The van der Waals surface area contributed by atoms with Crippen LogP contribution in [0.5, 0.6) is 0 Å². The highest BCUT2D eigenvalue weighted by Gasteiger charge is 2.32. The van der Waals surface area contributed by atoms with E-state index in [0.717, 1.165) is 18.9 Å². The fraction of sp³-hybridized carbons (Fsp3) is 0.467. The summed E-state index contributed by atoms with van der Waals surface area (Å²) >= 11 is 0. The third-order valence-corrected chi connectivity index (χ3v) is 5.51. The van der Waals surface area contributed by atoms with Crippen LogP contribution in [-0.4, -0.2) is 37.0 Å². The molecule has 4 nitrogen and oxygen atoms in total. The molecule has 1 fully saturated rings. The summed E-state index contributed by atoms with van der Waals surface area (Å²) in [5.74, 6) is 4.53. The lowest BCUT2D eigenvalue weighted by Crippen LogP contribution is -2.33. The third kappa shape index (κ3) is 3.43. The van der Waals surface area contributed by atoms with Crippen LogP contribution in [-0.2, 0) is 10.0 Å². The molecule has 0 saturated carbocycles. The van der Waals surface area contributed by atoms with Gasteiger partial charge in [0, 0.05) is 19.0 Å². The van der Waals surface area contributed by atoms with Crippen LogP contribution >= 0.6 is 0 Å². The molecule has 0 spiro atoms. The molecule has 1 aliphatic rings. The van der Waals surface area contributed by atoms with Crippen molar-refractivity contribution in [3.05, 3.63) is 29.6 Å². The van der Waals surface area contributed by atoms with Crippen LogP contribution in [0.4, 0.5) is 4.39 Å². The van der Waals surface area contributed by atoms with E-state index < -0.39 is 15.8 Å². The van der Waals surface area contributed by atoms with Gasteiger partial charge in [-0.15, -0.1) is 0 Å². The fourth-order valence-corrected chi connectivity index (χ4v) is 4.08. The SMILES string of the molecule is CC1CCCN1S(=O)(=O)c1ccc(C#CCCO)c(F)c1. The minimum Gasteiger partial charge on any atom is -0.395 e. The van der Waals surface area contributed by atoms with Crippen molar-refractivity contribution in [2.24, 2.45) is 0 Å². The van der Waals surface area contributed by atoms with Gasteiger partial charge in [-0.2, -0.15) is 4.31 Å². The van der Waals surface area contributed by atoms with Crippen molar-refractivity contribution in [1.82, 2.24) is 4.31 Å². The summed E-state index contributed by atoms with van der Waals surface area (Å²) in [7, 11) is -3.65. The quantitative estimate of drug-likeness (QED) is 0.865. The van der Waals surface area contributed by atoms with E-state index in [9.17, 15) is 12.8 Å². The van der Waals surface area contributed by atoms with Gasteiger partial charge in [-0.3, -0.25) is 0 Å². The van der Waals surface area contributed by atoms with E-state index in [4.69, 9.17) is 5.11 Å². The lowest BCUT2D eigenvalue weighted by atomic mass is 10.2. The molecule has 2 rings (SSSR count). The fourth-order valence-electron chi connectivity index (χ4n) is 2.37. The molecule has 1 aliphatic heterocycles. The average Bonchev–Trinajstić information content (AvgIpc) is 2.87. The van der Waals surface area contributed by atoms with E-state index in [1.807, 2.05) is 6.92 Å². The molecule has 0 aliphatic carbocycles. The van der Waals surface area contributed by atoms with Crippen molar-refractivity contribution >= 4 is 10.0 Å². The predicted molar refractivity (Wildman–Crippen MR) is 77.6 cm³/mol. The number of aliphatic hydroxyl groups excluding tert-OH is 1. The average molecular weight is 311 g/mol. The Labute approximate surface area is 124 Å². The molecule has 1 saturated heterocycles. The van der Waals surface area contributed by atoms with Gasteiger partial charge in [-0.1, -0.05) is 11.8 Å². The smallest absolute Gasteiger partial charge is 0.243 e. The van der Waals surface area contributed by atoms with E-state index in [-0.39, 0.29) is 29.5 Å². The van der Waals surface area contributed by atoms with Crippen molar-refractivity contribution in [2.45, 2.75) is 37.1 Å². The number of halogens is 1. The maximum atomic E-state index is 13.9. The van der Waals surface area contributed by atoms with Crippen LogP contribution in [0.1, 0.15) is 31.7 Å². The molecular formula is C15H18FNO3S. The summed E-state index contributed by atoms with van der Waals surface area (Å²) < 4.78 is 40.3. The minimum absolute atomic E-state index is 0.0403.